The lowest BCUT2D eigenvalue weighted by Crippen LogP contribution is -2.39. The third-order valence-electron chi connectivity index (χ3n) is 4.23. The zero-order valence-electron chi connectivity index (χ0n) is 16.4. The first kappa shape index (κ1) is 22.8. The van der Waals surface area contributed by atoms with Crippen molar-refractivity contribution in [3.8, 4) is 10.6 Å². The summed E-state index contributed by atoms with van der Waals surface area (Å²) in [5.74, 6) is 0. The summed E-state index contributed by atoms with van der Waals surface area (Å²) < 4.78 is 66.5. The van der Waals surface area contributed by atoms with E-state index in [4.69, 9.17) is 0 Å². The molecule has 2 N–H and O–H groups in total. The molecule has 3 rings (SSSR count). The van der Waals surface area contributed by atoms with Gasteiger partial charge in [-0.2, -0.15) is 13.2 Å². The van der Waals surface area contributed by atoms with Gasteiger partial charge in [-0.05, 0) is 26.0 Å². The highest BCUT2D eigenvalue weighted by Gasteiger charge is 2.37. The number of aromatic nitrogens is 1. The van der Waals surface area contributed by atoms with Gasteiger partial charge in [0.1, 0.15) is 5.01 Å². The summed E-state index contributed by atoms with van der Waals surface area (Å²) in [5.41, 5.74) is 1.18. The molecule has 0 aliphatic carbocycles. The molecule has 0 unspecified atom stereocenters. The Morgan fingerprint density at radius 3 is 2.10 bits per heavy atom. The van der Waals surface area contributed by atoms with Crippen molar-refractivity contribution in [1.29, 1.82) is 0 Å². The molecular weight excluding hydrogens is 451 g/mol. The van der Waals surface area contributed by atoms with Crippen LogP contribution < -0.4 is 10.0 Å². The number of nitrogens with one attached hydrogen (secondary N) is 2. The average Bonchev–Trinajstić information content (AvgIpc) is 3.12. The molecule has 0 radical (unpaired) electrons. The number of rotatable bonds is 5. The summed E-state index contributed by atoms with van der Waals surface area (Å²) in [6.45, 7) is 3.09. The summed E-state index contributed by atoms with van der Waals surface area (Å²) in [4.78, 5) is 15.4. The third kappa shape index (κ3) is 5.61. The summed E-state index contributed by atoms with van der Waals surface area (Å²) in [5, 5.41) is 2.31. The Labute approximate surface area is 181 Å². The van der Waals surface area contributed by atoms with Crippen molar-refractivity contribution in [2.45, 2.75) is 31.5 Å². The predicted octanol–water partition coefficient (Wildman–Crippen LogP) is 4.63. The van der Waals surface area contributed by atoms with E-state index in [-0.39, 0.29) is 14.8 Å². The number of sulfonamides is 1. The van der Waals surface area contributed by atoms with Gasteiger partial charge in [0.05, 0.1) is 16.3 Å². The van der Waals surface area contributed by atoms with Crippen LogP contribution in [0.3, 0.4) is 0 Å². The molecular formula is C20H18F3N3O3S2. The SMILES string of the molecule is Cc1ccc(-c2nc(C(F)(F)F)c(CNC(=O)NS(=O)(=O)c3ccc(C)cc3)s2)cc1. The lowest BCUT2D eigenvalue weighted by atomic mass is 10.2. The fourth-order valence-electron chi connectivity index (χ4n) is 2.61. The number of urea groups is 1. The molecule has 0 fully saturated rings. The van der Waals surface area contributed by atoms with Gasteiger partial charge in [0.2, 0.25) is 0 Å². The molecule has 3 aromatic rings. The summed E-state index contributed by atoms with van der Waals surface area (Å²) >= 11 is 0.780. The summed E-state index contributed by atoms with van der Waals surface area (Å²) in [7, 11) is -4.16. The number of halogens is 3. The highest BCUT2D eigenvalue weighted by atomic mass is 32.2. The van der Waals surface area contributed by atoms with Gasteiger partial charge in [0.15, 0.2) is 5.69 Å². The lowest BCUT2D eigenvalue weighted by molar-refractivity contribution is -0.141. The predicted molar refractivity (Wildman–Crippen MR) is 111 cm³/mol. The Morgan fingerprint density at radius 2 is 1.55 bits per heavy atom. The molecule has 0 saturated carbocycles. The fraction of sp³-hybridized carbons (Fsp3) is 0.200. The topological polar surface area (TPSA) is 88.2 Å². The Kier molecular flexibility index (Phi) is 6.37. The maximum Gasteiger partial charge on any atom is 0.434 e. The van der Waals surface area contributed by atoms with Gasteiger partial charge in [0.25, 0.3) is 10.0 Å². The normalized spacial score (nSPS) is 11.9. The van der Waals surface area contributed by atoms with Gasteiger partial charge in [-0.25, -0.2) is 22.9 Å². The number of carbonyl (C=O) groups is 1. The second-order valence-electron chi connectivity index (χ2n) is 6.76. The van der Waals surface area contributed by atoms with Gasteiger partial charge < -0.3 is 5.32 Å². The molecule has 0 saturated heterocycles. The number of hydrogen-bond acceptors (Lipinski definition) is 5. The lowest BCUT2D eigenvalue weighted by Gasteiger charge is -2.10. The third-order valence-corrected chi connectivity index (χ3v) is 6.68. The van der Waals surface area contributed by atoms with Gasteiger partial charge in [-0.3, -0.25) is 0 Å². The number of benzene rings is 2. The molecule has 0 aliphatic rings. The molecule has 31 heavy (non-hydrogen) atoms. The highest BCUT2D eigenvalue weighted by Crippen LogP contribution is 2.37. The molecule has 1 aromatic heterocycles. The van der Waals surface area contributed by atoms with E-state index in [9.17, 15) is 26.4 Å². The number of aryl methyl sites for hydroxylation is 2. The van der Waals surface area contributed by atoms with Crippen LogP contribution in [0.2, 0.25) is 0 Å². The highest BCUT2D eigenvalue weighted by molar-refractivity contribution is 7.90. The molecule has 6 nitrogen and oxygen atoms in total. The van der Waals surface area contributed by atoms with Gasteiger partial charge in [-0.15, -0.1) is 11.3 Å². The number of thiazole rings is 1. The Morgan fingerprint density at radius 1 is 1.00 bits per heavy atom. The van der Waals surface area contributed by atoms with Crippen LogP contribution >= 0.6 is 11.3 Å². The van der Waals surface area contributed by atoms with E-state index < -0.39 is 34.5 Å². The van der Waals surface area contributed by atoms with Crippen LogP contribution in [0.25, 0.3) is 10.6 Å². The van der Waals surface area contributed by atoms with Crippen molar-refractivity contribution < 1.29 is 26.4 Å². The number of nitrogens with zero attached hydrogens (tertiary/aromatic N) is 1. The number of hydrogen-bond donors (Lipinski definition) is 2. The molecule has 2 aromatic carbocycles. The van der Waals surface area contributed by atoms with Crippen LogP contribution in [0.4, 0.5) is 18.0 Å². The second-order valence-corrected chi connectivity index (χ2v) is 9.52. The Bertz CT molecular complexity index is 1190. The van der Waals surface area contributed by atoms with Crippen LogP contribution in [-0.4, -0.2) is 19.4 Å². The zero-order valence-corrected chi connectivity index (χ0v) is 18.1. The van der Waals surface area contributed by atoms with Crippen molar-refractivity contribution in [1.82, 2.24) is 15.0 Å². The van der Waals surface area contributed by atoms with Crippen molar-refractivity contribution >= 4 is 27.4 Å². The zero-order chi connectivity index (χ0) is 22.8. The number of alkyl halides is 3. The Balaban J connectivity index is 1.76. The molecule has 0 bridgehead atoms. The summed E-state index contributed by atoms with van der Waals surface area (Å²) in [6, 6.07) is 11.5. The molecule has 0 spiro atoms. The molecule has 0 aliphatic heterocycles. The van der Waals surface area contributed by atoms with Crippen molar-refractivity contribution in [3.63, 3.8) is 0 Å². The van der Waals surface area contributed by atoms with E-state index in [0.717, 1.165) is 22.5 Å². The average molecular weight is 470 g/mol. The van der Waals surface area contributed by atoms with E-state index >= 15 is 0 Å². The van der Waals surface area contributed by atoms with E-state index in [1.807, 2.05) is 6.92 Å². The van der Waals surface area contributed by atoms with E-state index in [0.29, 0.717) is 5.56 Å². The molecule has 11 heteroatoms. The van der Waals surface area contributed by atoms with Crippen molar-refractivity contribution in [3.05, 3.63) is 70.2 Å². The van der Waals surface area contributed by atoms with Crippen LogP contribution in [0, 0.1) is 13.8 Å². The number of amides is 2. The first-order valence-electron chi connectivity index (χ1n) is 8.97. The second kappa shape index (κ2) is 8.67. The Hall–Kier alpha value is -2.92. The number of carbonyl (C=O) groups excluding carboxylic acids is 1. The van der Waals surface area contributed by atoms with Crippen LogP contribution in [-0.2, 0) is 22.7 Å². The minimum atomic E-state index is -4.72. The quantitative estimate of drug-likeness (QED) is 0.570. The first-order chi connectivity index (χ1) is 14.5. The maximum atomic E-state index is 13.4. The minimum Gasteiger partial charge on any atom is -0.332 e. The van der Waals surface area contributed by atoms with E-state index in [2.05, 4.69) is 10.3 Å². The van der Waals surface area contributed by atoms with Crippen LogP contribution in [0.15, 0.2) is 53.4 Å². The van der Waals surface area contributed by atoms with Crippen molar-refractivity contribution in [2.75, 3.05) is 0 Å². The van der Waals surface area contributed by atoms with Gasteiger partial charge >= 0.3 is 12.2 Å². The van der Waals surface area contributed by atoms with E-state index in [1.54, 1.807) is 48.0 Å². The van der Waals surface area contributed by atoms with Gasteiger partial charge in [-0.1, -0.05) is 47.5 Å². The van der Waals surface area contributed by atoms with E-state index in [1.165, 1.54) is 12.1 Å². The van der Waals surface area contributed by atoms with Gasteiger partial charge in [0, 0.05) is 5.56 Å². The van der Waals surface area contributed by atoms with Crippen molar-refractivity contribution in [2.24, 2.45) is 0 Å². The first-order valence-corrected chi connectivity index (χ1v) is 11.3. The smallest absolute Gasteiger partial charge is 0.332 e. The maximum absolute atomic E-state index is 13.4. The molecule has 164 valence electrons. The molecule has 0 atom stereocenters. The molecule has 2 amide bonds. The monoisotopic (exact) mass is 469 g/mol. The largest absolute Gasteiger partial charge is 0.434 e. The standard InChI is InChI=1S/C20H18F3N3O3S2/c1-12-3-7-14(8-4-12)18-25-17(20(21,22)23)16(30-18)11-24-19(27)26-31(28,29)15-9-5-13(2)6-10-15/h3-10H,11H2,1-2H3,(H2,24,26,27). The van der Waals surface area contributed by atoms with Crippen LogP contribution in [0.1, 0.15) is 21.7 Å². The fourth-order valence-corrected chi connectivity index (χ4v) is 4.56. The minimum absolute atomic E-state index is 0.135. The molecule has 1 heterocycles. The van der Waals surface area contributed by atoms with Crippen LogP contribution in [0.5, 0.6) is 0 Å². The summed E-state index contributed by atoms with van der Waals surface area (Å²) in [6.07, 6.45) is -4.72.